The fourth-order valence-electron chi connectivity index (χ4n) is 3.23. The van der Waals surface area contributed by atoms with Crippen molar-refractivity contribution in [2.45, 2.75) is 32.9 Å². The minimum atomic E-state index is 0.0142. The van der Waals surface area contributed by atoms with Crippen LogP contribution in [-0.4, -0.2) is 46.3 Å². The van der Waals surface area contributed by atoms with E-state index in [2.05, 4.69) is 29.2 Å². The Bertz CT molecular complexity index is 666. The van der Waals surface area contributed by atoms with Crippen LogP contribution in [0.5, 0.6) is 0 Å². The molecule has 1 amide bonds. The van der Waals surface area contributed by atoms with Crippen LogP contribution in [0.1, 0.15) is 36.2 Å². The molecule has 0 saturated carbocycles. The van der Waals surface area contributed by atoms with Crippen molar-refractivity contribution in [3.63, 3.8) is 0 Å². The molecule has 2 aromatic rings. The number of aromatic nitrogens is 2. The third-order valence-electron chi connectivity index (χ3n) is 4.69. The second-order valence-corrected chi connectivity index (χ2v) is 6.86. The first-order chi connectivity index (χ1) is 11.6. The maximum absolute atomic E-state index is 12.4. The number of amides is 1. The fraction of sp³-hybridized carbons (Fsp3) is 0.474. The summed E-state index contributed by atoms with van der Waals surface area (Å²) in [6.45, 7) is 8.11. The van der Waals surface area contributed by atoms with Gasteiger partial charge in [0.1, 0.15) is 0 Å². The van der Waals surface area contributed by atoms with Gasteiger partial charge in [0.25, 0.3) is 5.91 Å². The lowest BCUT2D eigenvalue weighted by Crippen LogP contribution is -2.33. The first-order valence-electron chi connectivity index (χ1n) is 8.70. The van der Waals surface area contributed by atoms with Gasteiger partial charge in [-0.15, -0.1) is 0 Å². The third-order valence-corrected chi connectivity index (χ3v) is 4.69. The van der Waals surface area contributed by atoms with Gasteiger partial charge >= 0.3 is 0 Å². The van der Waals surface area contributed by atoms with Crippen molar-refractivity contribution >= 4 is 5.91 Å². The fourth-order valence-corrected chi connectivity index (χ4v) is 3.23. The first kappa shape index (κ1) is 16.7. The monoisotopic (exact) mass is 326 g/mol. The van der Waals surface area contributed by atoms with E-state index in [0.717, 1.165) is 37.2 Å². The Morgan fingerprint density at radius 3 is 2.96 bits per heavy atom. The topological polar surface area (TPSA) is 50.2 Å². The van der Waals surface area contributed by atoms with Crippen LogP contribution in [0.2, 0.25) is 0 Å². The predicted octanol–water partition coefficient (Wildman–Crippen LogP) is 2.39. The highest BCUT2D eigenvalue weighted by molar-refractivity contribution is 5.94. The van der Waals surface area contributed by atoms with Crippen LogP contribution in [0.25, 0.3) is 0 Å². The lowest BCUT2D eigenvalue weighted by atomic mass is 10.1. The van der Waals surface area contributed by atoms with Crippen LogP contribution in [0.4, 0.5) is 0 Å². The molecule has 1 atom stereocenters. The average Bonchev–Trinajstić information content (AvgIpc) is 3.24. The molecule has 1 fully saturated rings. The summed E-state index contributed by atoms with van der Waals surface area (Å²) in [7, 11) is 0. The number of hydrogen-bond acceptors (Lipinski definition) is 3. The zero-order valence-corrected chi connectivity index (χ0v) is 14.5. The molecule has 1 aliphatic rings. The van der Waals surface area contributed by atoms with Crippen molar-refractivity contribution in [3.05, 3.63) is 53.9 Å². The molecular formula is C19H26N4O. The number of hydrogen-bond donors (Lipinski definition) is 1. The Morgan fingerprint density at radius 1 is 1.38 bits per heavy atom. The quantitative estimate of drug-likeness (QED) is 0.887. The van der Waals surface area contributed by atoms with Crippen molar-refractivity contribution in [1.29, 1.82) is 0 Å². The summed E-state index contributed by atoms with van der Waals surface area (Å²) in [5.41, 5.74) is 1.80. The van der Waals surface area contributed by atoms with Gasteiger partial charge in [0, 0.05) is 37.1 Å². The summed E-state index contributed by atoms with van der Waals surface area (Å²) < 4.78 is 1.86. The second kappa shape index (κ2) is 7.62. The van der Waals surface area contributed by atoms with E-state index in [0.29, 0.717) is 18.5 Å². The van der Waals surface area contributed by atoms with Crippen LogP contribution in [0, 0.1) is 5.92 Å². The highest BCUT2D eigenvalue weighted by Gasteiger charge is 2.24. The molecule has 1 N–H and O–H groups in total. The minimum absolute atomic E-state index is 0.0142. The van der Waals surface area contributed by atoms with Gasteiger partial charge in [-0.1, -0.05) is 12.1 Å². The summed E-state index contributed by atoms with van der Waals surface area (Å²) in [4.78, 5) is 14.9. The van der Waals surface area contributed by atoms with Gasteiger partial charge in [-0.3, -0.25) is 9.48 Å². The zero-order valence-electron chi connectivity index (χ0n) is 14.5. The van der Waals surface area contributed by atoms with Crippen LogP contribution in [0.3, 0.4) is 0 Å². The molecule has 0 spiro atoms. The molecule has 1 aromatic heterocycles. The van der Waals surface area contributed by atoms with Gasteiger partial charge in [-0.25, -0.2) is 0 Å². The number of rotatable bonds is 6. The van der Waals surface area contributed by atoms with Gasteiger partial charge in [-0.2, -0.15) is 5.10 Å². The molecule has 1 aliphatic heterocycles. The second-order valence-electron chi connectivity index (χ2n) is 6.86. The van der Waals surface area contributed by atoms with E-state index in [4.69, 9.17) is 0 Å². The number of nitrogens with one attached hydrogen (secondary N) is 1. The van der Waals surface area contributed by atoms with Gasteiger partial charge in [0.2, 0.25) is 0 Å². The van der Waals surface area contributed by atoms with Crippen molar-refractivity contribution in [1.82, 2.24) is 20.0 Å². The minimum Gasteiger partial charge on any atom is -0.352 e. The van der Waals surface area contributed by atoms with Gasteiger partial charge in [0.15, 0.2) is 0 Å². The van der Waals surface area contributed by atoms with Gasteiger partial charge < -0.3 is 10.2 Å². The number of carbonyl (C=O) groups excluding carboxylic acids is 1. The van der Waals surface area contributed by atoms with E-state index in [1.54, 1.807) is 6.20 Å². The Labute approximate surface area is 143 Å². The molecule has 0 radical (unpaired) electrons. The lowest BCUT2D eigenvalue weighted by Gasteiger charge is -2.20. The average molecular weight is 326 g/mol. The highest BCUT2D eigenvalue weighted by atomic mass is 16.1. The highest BCUT2D eigenvalue weighted by Crippen LogP contribution is 2.17. The van der Waals surface area contributed by atoms with Crippen molar-refractivity contribution < 1.29 is 4.79 Å². The third kappa shape index (κ3) is 4.23. The molecule has 0 aliphatic carbocycles. The number of nitrogens with zero attached hydrogens (tertiary/aromatic N) is 3. The zero-order chi connectivity index (χ0) is 16.9. The molecule has 5 nitrogen and oxygen atoms in total. The summed E-state index contributed by atoms with van der Waals surface area (Å²) in [5.74, 6) is 0.573. The number of likely N-dealkylation sites (tertiary alicyclic amines) is 1. The summed E-state index contributed by atoms with van der Waals surface area (Å²) in [6.07, 6.45) is 4.85. The Morgan fingerprint density at radius 2 is 2.25 bits per heavy atom. The molecular weight excluding hydrogens is 300 g/mol. The molecule has 1 aromatic carbocycles. The van der Waals surface area contributed by atoms with E-state index in [9.17, 15) is 4.79 Å². The smallest absolute Gasteiger partial charge is 0.251 e. The largest absolute Gasteiger partial charge is 0.352 e. The molecule has 24 heavy (non-hydrogen) atoms. The van der Waals surface area contributed by atoms with Gasteiger partial charge in [-0.05, 0) is 56.5 Å². The van der Waals surface area contributed by atoms with E-state index >= 15 is 0 Å². The Balaban J connectivity index is 1.53. The van der Waals surface area contributed by atoms with Crippen LogP contribution in [0.15, 0.2) is 42.7 Å². The summed E-state index contributed by atoms with van der Waals surface area (Å²) in [5, 5.41) is 7.31. The van der Waals surface area contributed by atoms with Crippen LogP contribution >= 0.6 is 0 Å². The van der Waals surface area contributed by atoms with Crippen LogP contribution < -0.4 is 5.32 Å². The van der Waals surface area contributed by atoms with E-state index in [1.165, 1.54) is 0 Å². The molecule has 2 heterocycles. The van der Waals surface area contributed by atoms with Crippen molar-refractivity contribution in [3.8, 4) is 0 Å². The molecule has 1 saturated heterocycles. The molecule has 5 heteroatoms. The van der Waals surface area contributed by atoms with E-state index in [-0.39, 0.29) is 5.91 Å². The number of benzene rings is 1. The molecule has 0 unspecified atom stereocenters. The summed E-state index contributed by atoms with van der Waals surface area (Å²) in [6, 6.07) is 10.3. The maximum Gasteiger partial charge on any atom is 0.251 e. The predicted molar refractivity (Wildman–Crippen MR) is 94.9 cm³/mol. The Hall–Kier alpha value is -2.14. The van der Waals surface area contributed by atoms with E-state index < -0.39 is 0 Å². The van der Waals surface area contributed by atoms with Gasteiger partial charge in [0.05, 0.1) is 6.54 Å². The SMILES string of the molecule is CC(C)N1CC[C@H](CNC(=O)c2cccc(Cn3cccn3)c2)C1. The lowest BCUT2D eigenvalue weighted by molar-refractivity contribution is 0.0947. The molecule has 3 rings (SSSR count). The first-order valence-corrected chi connectivity index (χ1v) is 8.70. The number of carbonyl (C=O) groups is 1. The van der Waals surface area contributed by atoms with Crippen molar-refractivity contribution in [2.75, 3.05) is 19.6 Å². The van der Waals surface area contributed by atoms with E-state index in [1.807, 2.05) is 41.2 Å². The molecule has 0 bridgehead atoms. The maximum atomic E-state index is 12.4. The Kier molecular flexibility index (Phi) is 5.30. The normalized spacial score (nSPS) is 18.2. The standard InChI is InChI=1S/C19H26N4O/c1-15(2)22-10-7-17(13-22)12-20-19(24)18-6-3-5-16(11-18)14-23-9-4-8-21-23/h3-6,8-9,11,15,17H,7,10,12-14H2,1-2H3,(H,20,24)/t17-/m1/s1. The van der Waals surface area contributed by atoms with Crippen LogP contribution in [-0.2, 0) is 6.54 Å². The summed E-state index contributed by atoms with van der Waals surface area (Å²) >= 11 is 0. The van der Waals surface area contributed by atoms with Crippen molar-refractivity contribution in [2.24, 2.45) is 5.92 Å². The molecule has 128 valence electrons.